The fourth-order valence-corrected chi connectivity index (χ4v) is 1.03. The van der Waals surface area contributed by atoms with Gasteiger partial charge in [0.2, 0.25) is 5.75 Å². The number of aromatic hydroxyl groups is 1. The normalized spacial score (nSPS) is 9.24. The van der Waals surface area contributed by atoms with Crippen LogP contribution in [-0.2, 0) is 4.79 Å². The van der Waals surface area contributed by atoms with E-state index >= 15 is 0 Å². The van der Waals surface area contributed by atoms with Gasteiger partial charge in [0, 0.05) is 0 Å². The first kappa shape index (κ1) is 12.4. The largest absolute Gasteiger partial charge is 0.501 e. The molecule has 0 aromatic heterocycles. The standard InChI is InChI=1S/C10H6FNO5/c11-7-4-6(2-1-3-9(13)14)10(15)8(5-7)12(16)17/h4-5,15H,3H2,(H,13,14). The second kappa shape index (κ2) is 4.94. The highest BCUT2D eigenvalue weighted by molar-refractivity contribution is 5.70. The molecule has 0 saturated heterocycles. The first-order valence-corrected chi connectivity index (χ1v) is 4.29. The number of hydrogen-bond acceptors (Lipinski definition) is 4. The fraction of sp³-hybridized carbons (Fsp3) is 0.100. The molecule has 0 spiro atoms. The Balaban J connectivity index is 3.19. The quantitative estimate of drug-likeness (QED) is 0.459. The summed E-state index contributed by atoms with van der Waals surface area (Å²) in [5.74, 6) is 1.38. The molecule has 1 aromatic carbocycles. The Bertz CT molecular complexity index is 544. The van der Waals surface area contributed by atoms with Crippen LogP contribution in [0.1, 0.15) is 12.0 Å². The third-order valence-corrected chi connectivity index (χ3v) is 1.71. The Morgan fingerprint density at radius 2 is 2.18 bits per heavy atom. The van der Waals surface area contributed by atoms with E-state index in [2.05, 4.69) is 11.8 Å². The summed E-state index contributed by atoms with van der Waals surface area (Å²) in [6.07, 6.45) is -0.510. The number of aliphatic carboxylic acids is 1. The zero-order valence-corrected chi connectivity index (χ0v) is 8.31. The minimum Gasteiger partial charge on any atom is -0.501 e. The van der Waals surface area contributed by atoms with E-state index in [1.54, 1.807) is 0 Å². The number of carbonyl (C=O) groups is 1. The lowest BCUT2D eigenvalue weighted by atomic mass is 10.1. The monoisotopic (exact) mass is 239 g/mol. The van der Waals surface area contributed by atoms with Crippen LogP contribution in [0.2, 0.25) is 0 Å². The van der Waals surface area contributed by atoms with Gasteiger partial charge in [0.05, 0.1) is 16.6 Å². The van der Waals surface area contributed by atoms with Gasteiger partial charge in [-0.2, -0.15) is 0 Å². The number of carboxylic acid groups (broad SMARTS) is 1. The fourth-order valence-electron chi connectivity index (χ4n) is 1.03. The molecule has 0 atom stereocenters. The average molecular weight is 239 g/mol. The van der Waals surface area contributed by atoms with E-state index in [9.17, 15) is 24.4 Å². The molecular formula is C10H6FNO5. The molecule has 6 nitrogen and oxygen atoms in total. The molecule has 0 amide bonds. The number of phenols is 1. The van der Waals surface area contributed by atoms with Gasteiger partial charge in [0.15, 0.2) is 0 Å². The van der Waals surface area contributed by atoms with Crippen molar-refractivity contribution in [1.29, 1.82) is 0 Å². The second-order valence-electron chi connectivity index (χ2n) is 2.95. The summed E-state index contributed by atoms with van der Waals surface area (Å²) >= 11 is 0. The predicted molar refractivity (Wildman–Crippen MR) is 53.9 cm³/mol. The van der Waals surface area contributed by atoms with E-state index in [0.717, 1.165) is 6.07 Å². The minimum atomic E-state index is -1.19. The van der Waals surface area contributed by atoms with Crippen LogP contribution in [0, 0.1) is 27.8 Å². The molecule has 0 aliphatic carbocycles. The van der Waals surface area contributed by atoms with E-state index in [0.29, 0.717) is 6.07 Å². The Hall–Kier alpha value is -2.62. The molecule has 1 rings (SSSR count). The highest BCUT2D eigenvalue weighted by Crippen LogP contribution is 2.30. The lowest BCUT2D eigenvalue weighted by molar-refractivity contribution is -0.386. The molecule has 88 valence electrons. The Labute approximate surface area is 94.5 Å². The maximum Gasteiger partial charge on any atom is 0.315 e. The predicted octanol–water partition coefficient (Wildman–Crippen LogP) is 1.27. The van der Waals surface area contributed by atoms with Gasteiger partial charge in [-0.15, -0.1) is 0 Å². The molecule has 7 heteroatoms. The zero-order chi connectivity index (χ0) is 13.0. The van der Waals surface area contributed by atoms with Crippen LogP contribution >= 0.6 is 0 Å². The second-order valence-corrected chi connectivity index (χ2v) is 2.95. The van der Waals surface area contributed by atoms with Crippen LogP contribution in [-0.4, -0.2) is 21.1 Å². The number of nitro groups is 1. The van der Waals surface area contributed by atoms with Gasteiger partial charge in [-0.05, 0) is 6.07 Å². The Morgan fingerprint density at radius 1 is 1.53 bits per heavy atom. The molecule has 1 aromatic rings. The average Bonchev–Trinajstić information content (AvgIpc) is 2.21. The Morgan fingerprint density at radius 3 is 2.71 bits per heavy atom. The van der Waals surface area contributed by atoms with Crippen molar-refractivity contribution in [3.63, 3.8) is 0 Å². The number of benzene rings is 1. The van der Waals surface area contributed by atoms with Crippen LogP contribution in [0.4, 0.5) is 10.1 Å². The van der Waals surface area contributed by atoms with Crippen molar-refractivity contribution < 1.29 is 24.3 Å². The molecule has 17 heavy (non-hydrogen) atoms. The number of nitrogens with zero attached hydrogens (tertiary/aromatic N) is 1. The van der Waals surface area contributed by atoms with Crippen molar-refractivity contribution in [3.05, 3.63) is 33.6 Å². The lowest BCUT2D eigenvalue weighted by Crippen LogP contribution is -1.93. The van der Waals surface area contributed by atoms with Gasteiger partial charge in [0.25, 0.3) is 0 Å². The van der Waals surface area contributed by atoms with Crippen LogP contribution < -0.4 is 0 Å². The molecule has 0 fully saturated rings. The van der Waals surface area contributed by atoms with Crippen LogP contribution in [0.5, 0.6) is 5.75 Å². The highest BCUT2D eigenvalue weighted by Gasteiger charge is 2.18. The van der Waals surface area contributed by atoms with Crippen molar-refractivity contribution in [2.75, 3.05) is 0 Å². The third kappa shape index (κ3) is 3.17. The number of phenolic OH excluding ortho intramolecular Hbond substituents is 1. The van der Waals surface area contributed by atoms with Gasteiger partial charge in [-0.1, -0.05) is 11.8 Å². The third-order valence-electron chi connectivity index (χ3n) is 1.71. The lowest BCUT2D eigenvalue weighted by Gasteiger charge is -1.98. The number of hydrogen-bond donors (Lipinski definition) is 2. The van der Waals surface area contributed by atoms with E-state index in [1.807, 2.05) is 0 Å². The number of rotatable bonds is 2. The molecule has 0 radical (unpaired) electrons. The van der Waals surface area contributed by atoms with Crippen LogP contribution in [0.25, 0.3) is 0 Å². The summed E-state index contributed by atoms with van der Waals surface area (Å²) in [5.41, 5.74) is -1.14. The molecule has 2 N–H and O–H groups in total. The number of nitro benzene ring substituents is 1. The summed E-state index contributed by atoms with van der Waals surface area (Å²) in [6, 6.07) is 1.34. The van der Waals surface area contributed by atoms with E-state index in [4.69, 9.17) is 5.11 Å². The summed E-state index contributed by atoms with van der Waals surface area (Å²) in [5, 5.41) is 28.1. The van der Waals surface area contributed by atoms with E-state index in [-0.39, 0.29) is 5.56 Å². The number of halogens is 1. The smallest absolute Gasteiger partial charge is 0.315 e. The van der Waals surface area contributed by atoms with Gasteiger partial charge < -0.3 is 10.2 Å². The first-order chi connectivity index (χ1) is 7.91. The van der Waals surface area contributed by atoms with Crippen LogP contribution in [0.3, 0.4) is 0 Å². The molecule has 0 aliphatic heterocycles. The van der Waals surface area contributed by atoms with Crippen molar-refractivity contribution in [3.8, 4) is 17.6 Å². The first-order valence-electron chi connectivity index (χ1n) is 4.29. The van der Waals surface area contributed by atoms with Gasteiger partial charge in [0.1, 0.15) is 12.2 Å². The molecule has 0 saturated carbocycles. The van der Waals surface area contributed by atoms with Crippen molar-refractivity contribution in [1.82, 2.24) is 0 Å². The summed E-state index contributed by atoms with van der Waals surface area (Å²) in [4.78, 5) is 19.7. The molecule has 0 aliphatic rings. The van der Waals surface area contributed by atoms with E-state index < -0.39 is 34.6 Å². The van der Waals surface area contributed by atoms with Gasteiger partial charge in [-0.3, -0.25) is 14.9 Å². The number of carboxylic acids is 1. The molecular weight excluding hydrogens is 233 g/mol. The van der Waals surface area contributed by atoms with Crippen molar-refractivity contribution >= 4 is 11.7 Å². The summed E-state index contributed by atoms with van der Waals surface area (Å²) in [6.45, 7) is 0. The van der Waals surface area contributed by atoms with Crippen LogP contribution in [0.15, 0.2) is 12.1 Å². The maximum absolute atomic E-state index is 13.0. The molecule has 0 bridgehead atoms. The Kier molecular flexibility index (Phi) is 3.62. The zero-order valence-electron chi connectivity index (χ0n) is 8.31. The maximum atomic E-state index is 13.0. The minimum absolute atomic E-state index is 0.321. The van der Waals surface area contributed by atoms with Gasteiger partial charge >= 0.3 is 11.7 Å². The summed E-state index contributed by atoms with van der Waals surface area (Å²) < 4.78 is 13.0. The van der Waals surface area contributed by atoms with Gasteiger partial charge in [-0.25, -0.2) is 4.39 Å². The molecule has 0 unspecified atom stereocenters. The highest BCUT2D eigenvalue weighted by atomic mass is 19.1. The van der Waals surface area contributed by atoms with E-state index in [1.165, 1.54) is 0 Å². The van der Waals surface area contributed by atoms with Crippen molar-refractivity contribution in [2.24, 2.45) is 0 Å². The summed E-state index contributed by atoms with van der Waals surface area (Å²) in [7, 11) is 0. The van der Waals surface area contributed by atoms with Crippen molar-refractivity contribution in [2.45, 2.75) is 6.42 Å². The molecule has 0 heterocycles. The SMILES string of the molecule is O=C(O)CC#Cc1cc(F)cc([N+](=O)[O-])c1O. The topological polar surface area (TPSA) is 101 Å².